The van der Waals surface area contributed by atoms with Gasteiger partial charge in [-0.3, -0.25) is 14.6 Å². The van der Waals surface area contributed by atoms with Crippen LogP contribution in [0.25, 0.3) is 0 Å². The van der Waals surface area contributed by atoms with Crippen molar-refractivity contribution in [1.82, 2.24) is 9.80 Å². The molecule has 6 nitrogen and oxygen atoms in total. The minimum Gasteiger partial charge on any atom is -0.480 e. The van der Waals surface area contributed by atoms with Crippen LogP contribution in [0.3, 0.4) is 0 Å². The van der Waals surface area contributed by atoms with E-state index in [-0.39, 0.29) is 11.9 Å². The molecular weight excluding hydrogens is 283 g/mol. The normalized spacial score (nSPS) is 26.8. The number of piperidine rings is 1. The van der Waals surface area contributed by atoms with Gasteiger partial charge in [-0.1, -0.05) is 19.8 Å². The highest BCUT2D eigenvalue weighted by Crippen LogP contribution is 2.29. The number of nitrogens with zero attached hydrogens (tertiary/aromatic N) is 2. The van der Waals surface area contributed by atoms with Crippen molar-refractivity contribution in [3.8, 4) is 0 Å². The van der Waals surface area contributed by atoms with Crippen LogP contribution in [0.1, 0.15) is 45.4 Å². The van der Waals surface area contributed by atoms with Gasteiger partial charge in [-0.05, 0) is 45.3 Å². The minimum atomic E-state index is -1.34. The number of carboxylic acids is 1. The molecule has 0 saturated carbocycles. The molecule has 2 aliphatic rings. The number of likely N-dealkylation sites (tertiary alicyclic amines) is 2. The Hall–Kier alpha value is -0.625. The Labute approximate surface area is 133 Å². The largest absolute Gasteiger partial charge is 0.480 e. The zero-order valence-corrected chi connectivity index (χ0v) is 13.5. The van der Waals surface area contributed by atoms with E-state index in [2.05, 4.69) is 4.90 Å². The molecule has 7 heteroatoms. The van der Waals surface area contributed by atoms with Gasteiger partial charge in [0.15, 0.2) is 0 Å². The first-order valence-corrected chi connectivity index (χ1v) is 8.61. The van der Waals surface area contributed by atoms with Crippen molar-refractivity contribution in [3.63, 3.8) is 0 Å². The topological polar surface area (TPSA) is 84.2 Å². The highest BCUT2D eigenvalue weighted by Gasteiger charge is 2.39. The molecule has 0 bridgehead atoms. The zero-order chi connectivity index (χ0) is 16.1. The van der Waals surface area contributed by atoms with Crippen molar-refractivity contribution in [2.24, 2.45) is 0 Å². The molecular formula is C15H29BN2O4. The van der Waals surface area contributed by atoms with Crippen LogP contribution in [0.4, 0.5) is 0 Å². The van der Waals surface area contributed by atoms with Gasteiger partial charge in [0, 0.05) is 18.4 Å². The Bertz CT molecular complexity index is 363. The smallest absolute Gasteiger partial charge is 0.456 e. The number of hydrogen-bond donors (Lipinski definition) is 3. The first kappa shape index (κ1) is 17.7. The zero-order valence-electron chi connectivity index (χ0n) is 13.5. The van der Waals surface area contributed by atoms with Crippen molar-refractivity contribution in [3.05, 3.63) is 0 Å². The van der Waals surface area contributed by atoms with Crippen molar-refractivity contribution < 1.29 is 19.9 Å². The summed E-state index contributed by atoms with van der Waals surface area (Å²) in [6, 6.07) is -0.397. The van der Waals surface area contributed by atoms with Crippen LogP contribution in [0.2, 0.25) is 5.82 Å². The molecule has 126 valence electrons. The summed E-state index contributed by atoms with van der Waals surface area (Å²) in [5, 5.41) is 28.9. The van der Waals surface area contributed by atoms with Gasteiger partial charge in [0.05, 0.1) is 0 Å². The molecule has 0 aromatic heterocycles. The van der Waals surface area contributed by atoms with Gasteiger partial charge >= 0.3 is 13.1 Å². The van der Waals surface area contributed by atoms with Gasteiger partial charge in [0.25, 0.3) is 0 Å². The molecule has 3 atom stereocenters. The number of carbonyl (C=O) groups is 1. The van der Waals surface area contributed by atoms with Gasteiger partial charge in [0.1, 0.15) is 6.04 Å². The average Bonchev–Trinajstić information content (AvgIpc) is 2.96. The van der Waals surface area contributed by atoms with Crippen LogP contribution in [0.5, 0.6) is 0 Å². The van der Waals surface area contributed by atoms with E-state index in [0.29, 0.717) is 19.4 Å². The van der Waals surface area contributed by atoms with Crippen LogP contribution in [0.15, 0.2) is 0 Å². The van der Waals surface area contributed by atoms with Crippen LogP contribution in [-0.2, 0) is 4.79 Å². The number of rotatable bonds is 7. The molecule has 2 aliphatic heterocycles. The Morgan fingerprint density at radius 3 is 2.41 bits per heavy atom. The molecule has 22 heavy (non-hydrogen) atoms. The average molecular weight is 312 g/mol. The molecule has 0 aliphatic carbocycles. The Balaban J connectivity index is 2.10. The van der Waals surface area contributed by atoms with E-state index in [1.54, 1.807) is 0 Å². The molecule has 0 radical (unpaired) electrons. The lowest BCUT2D eigenvalue weighted by Gasteiger charge is -2.41. The van der Waals surface area contributed by atoms with Gasteiger partial charge < -0.3 is 15.2 Å². The third-order valence-corrected chi connectivity index (χ3v) is 5.28. The van der Waals surface area contributed by atoms with Crippen molar-refractivity contribution in [2.45, 2.75) is 63.3 Å². The Morgan fingerprint density at radius 2 is 1.86 bits per heavy atom. The SMILES string of the molecule is CCC(B(O)O)C(CN1CCCC1C(=O)O)N1CCCCC1. The van der Waals surface area contributed by atoms with Crippen molar-refractivity contribution in [2.75, 3.05) is 26.2 Å². The molecule has 2 fully saturated rings. The lowest BCUT2D eigenvalue weighted by Crippen LogP contribution is -2.53. The van der Waals surface area contributed by atoms with Crippen LogP contribution < -0.4 is 0 Å². The molecule has 0 aromatic rings. The van der Waals surface area contributed by atoms with Crippen LogP contribution >= 0.6 is 0 Å². The lowest BCUT2D eigenvalue weighted by molar-refractivity contribution is -0.142. The summed E-state index contributed by atoms with van der Waals surface area (Å²) in [6.07, 6.45) is 5.78. The summed E-state index contributed by atoms with van der Waals surface area (Å²) in [5.41, 5.74) is 0. The minimum absolute atomic E-state index is 0.0187. The van der Waals surface area contributed by atoms with E-state index >= 15 is 0 Å². The highest BCUT2D eigenvalue weighted by atomic mass is 16.4. The third kappa shape index (κ3) is 4.22. The fourth-order valence-electron chi connectivity index (χ4n) is 4.02. The molecule has 0 amide bonds. The summed E-state index contributed by atoms with van der Waals surface area (Å²) < 4.78 is 0. The van der Waals surface area contributed by atoms with Gasteiger partial charge in [0.2, 0.25) is 0 Å². The summed E-state index contributed by atoms with van der Waals surface area (Å²) in [7, 11) is -1.34. The molecule has 0 spiro atoms. The second kappa shape index (κ2) is 8.29. The highest BCUT2D eigenvalue weighted by molar-refractivity contribution is 6.43. The lowest BCUT2D eigenvalue weighted by atomic mass is 9.66. The quantitative estimate of drug-likeness (QED) is 0.599. The van der Waals surface area contributed by atoms with E-state index in [9.17, 15) is 19.9 Å². The van der Waals surface area contributed by atoms with E-state index in [1.165, 1.54) is 6.42 Å². The fourth-order valence-corrected chi connectivity index (χ4v) is 4.02. The summed E-state index contributed by atoms with van der Waals surface area (Å²) in [4.78, 5) is 15.8. The summed E-state index contributed by atoms with van der Waals surface area (Å²) in [6.45, 7) is 5.32. The van der Waals surface area contributed by atoms with Crippen molar-refractivity contribution >= 4 is 13.1 Å². The number of carboxylic acid groups (broad SMARTS) is 1. The molecule has 0 aromatic carbocycles. The molecule has 3 N–H and O–H groups in total. The van der Waals surface area contributed by atoms with Gasteiger partial charge in [-0.25, -0.2) is 0 Å². The Morgan fingerprint density at radius 1 is 1.18 bits per heavy atom. The van der Waals surface area contributed by atoms with Crippen LogP contribution in [0, 0.1) is 0 Å². The molecule has 2 rings (SSSR count). The predicted molar refractivity (Wildman–Crippen MR) is 85.7 cm³/mol. The standard InChI is InChI=1S/C15H29BN2O4/c1-2-12(16(21)22)14(17-8-4-3-5-9-17)11-18-10-6-7-13(18)15(19)20/h12-14,21-22H,2-11H2,1H3,(H,19,20). The second-order valence-corrected chi connectivity index (χ2v) is 6.64. The first-order chi connectivity index (χ1) is 10.5. The molecule has 2 saturated heterocycles. The van der Waals surface area contributed by atoms with Crippen molar-refractivity contribution in [1.29, 1.82) is 0 Å². The first-order valence-electron chi connectivity index (χ1n) is 8.61. The number of hydrogen-bond acceptors (Lipinski definition) is 5. The Kier molecular flexibility index (Phi) is 6.68. The van der Waals surface area contributed by atoms with Gasteiger partial charge in [-0.15, -0.1) is 0 Å². The summed E-state index contributed by atoms with van der Waals surface area (Å²) >= 11 is 0. The van der Waals surface area contributed by atoms with E-state index in [1.807, 2.05) is 11.8 Å². The van der Waals surface area contributed by atoms with E-state index in [4.69, 9.17) is 0 Å². The van der Waals surface area contributed by atoms with E-state index in [0.717, 1.165) is 38.9 Å². The maximum Gasteiger partial charge on any atom is 0.456 e. The fraction of sp³-hybridized carbons (Fsp3) is 0.933. The third-order valence-electron chi connectivity index (χ3n) is 5.28. The van der Waals surface area contributed by atoms with Gasteiger partial charge in [-0.2, -0.15) is 0 Å². The molecule has 2 heterocycles. The molecule has 3 unspecified atom stereocenters. The monoisotopic (exact) mass is 312 g/mol. The number of aliphatic carboxylic acids is 1. The summed E-state index contributed by atoms with van der Waals surface area (Å²) in [5.74, 6) is -0.986. The second-order valence-electron chi connectivity index (χ2n) is 6.64. The maximum absolute atomic E-state index is 11.4. The maximum atomic E-state index is 11.4. The van der Waals surface area contributed by atoms with E-state index < -0.39 is 19.1 Å². The van der Waals surface area contributed by atoms with Crippen LogP contribution in [-0.4, -0.2) is 76.3 Å². The predicted octanol–water partition coefficient (Wildman–Crippen LogP) is 0.643.